The molecule has 0 aromatic carbocycles. The van der Waals surface area contributed by atoms with Gasteiger partial charge in [-0.2, -0.15) is 5.26 Å². The van der Waals surface area contributed by atoms with E-state index in [1.165, 1.54) is 32.5 Å². The molecule has 19 heavy (non-hydrogen) atoms. The summed E-state index contributed by atoms with van der Waals surface area (Å²) in [6.45, 7) is 12.8. The van der Waals surface area contributed by atoms with E-state index in [4.69, 9.17) is 0 Å². The normalized spacial score (nSPS) is 34.4. The van der Waals surface area contributed by atoms with Crippen molar-refractivity contribution < 1.29 is 0 Å². The van der Waals surface area contributed by atoms with Crippen molar-refractivity contribution in [2.45, 2.75) is 46.1 Å². The Morgan fingerprint density at radius 1 is 1.16 bits per heavy atom. The van der Waals surface area contributed by atoms with E-state index in [2.05, 4.69) is 36.6 Å². The van der Waals surface area contributed by atoms with Gasteiger partial charge >= 0.3 is 0 Å². The zero-order valence-corrected chi connectivity index (χ0v) is 12.8. The fraction of sp³-hybridized carbons (Fsp3) is 0.938. The lowest BCUT2D eigenvalue weighted by molar-refractivity contribution is 0.0480. The van der Waals surface area contributed by atoms with Crippen LogP contribution in [-0.2, 0) is 0 Å². The first-order chi connectivity index (χ1) is 9.10. The molecular weight excluding hydrogens is 234 g/mol. The van der Waals surface area contributed by atoms with Crippen LogP contribution in [0, 0.1) is 29.1 Å². The average Bonchev–Trinajstić information content (AvgIpc) is 2.39. The van der Waals surface area contributed by atoms with Gasteiger partial charge in [0.05, 0.1) is 12.0 Å². The third-order valence-electron chi connectivity index (χ3n) is 4.74. The van der Waals surface area contributed by atoms with E-state index in [0.717, 1.165) is 31.3 Å². The minimum Gasteiger partial charge on any atom is -0.301 e. The van der Waals surface area contributed by atoms with Crippen molar-refractivity contribution >= 4 is 0 Å². The lowest BCUT2D eigenvalue weighted by Gasteiger charge is -2.44. The summed E-state index contributed by atoms with van der Waals surface area (Å²) < 4.78 is 0. The molecule has 3 heteroatoms. The summed E-state index contributed by atoms with van der Waals surface area (Å²) in [5.41, 5.74) is 0. The third-order valence-corrected chi connectivity index (χ3v) is 4.74. The molecule has 0 aromatic heterocycles. The molecule has 0 N–H and O–H groups in total. The minimum atomic E-state index is 0.271. The largest absolute Gasteiger partial charge is 0.301 e. The van der Waals surface area contributed by atoms with Crippen molar-refractivity contribution in [3.8, 4) is 6.07 Å². The topological polar surface area (TPSA) is 30.3 Å². The number of hydrogen-bond donors (Lipinski definition) is 0. The van der Waals surface area contributed by atoms with Crippen LogP contribution in [0.2, 0.25) is 0 Å². The molecule has 3 unspecified atom stereocenters. The van der Waals surface area contributed by atoms with Gasteiger partial charge in [0.25, 0.3) is 0 Å². The molecule has 2 fully saturated rings. The van der Waals surface area contributed by atoms with Crippen LogP contribution in [-0.4, -0.2) is 48.6 Å². The Morgan fingerprint density at radius 3 is 2.42 bits per heavy atom. The van der Waals surface area contributed by atoms with Gasteiger partial charge in [-0.05, 0) is 31.1 Å². The molecule has 1 saturated heterocycles. The van der Waals surface area contributed by atoms with Crippen LogP contribution < -0.4 is 0 Å². The lowest BCUT2D eigenvalue weighted by Crippen LogP contribution is -2.54. The van der Waals surface area contributed by atoms with Crippen molar-refractivity contribution in [2.75, 3.05) is 32.7 Å². The predicted octanol–water partition coefficient (Wildman–Crippen LogP) is 2.59. The lowest BCUT2D eigenvalue weighted by atomic mass is 9.79. The zero-order chi connectivity index (χ0) is 13.8. The standard InChI is InChI=1S/C16H29N3/c1-13(2)12-18-6-8-19(9-7-18)16-10-14(3)4-5-15(16)11-17/h13-16H,4-10,12H2,1-3H3. The third kappa shape index (κ3) is 3.94. The first-order valence-corrected chi connectivity index (χ1v) is 7.96. The van der Waals surface area contributed by atoms with Crippen LogP contribution in [0.5, 0.6) is 0 Å². The monoisotopic (exact) mass is 263 g/mol. The number of piperazine rings is 1. The van der Waals surface area contributed by atoms with Gasteiger partial charge in [0, 0.05) is 38.8 Å². The van der Waals surface area contributed by atoms with Crippen LogP contribution in [0.4, 0.5) is 0 Å². The number of nitriles is 1. The molecule has 0 aromatic rings. The highest BCUT2D eigenvalue weighted by atomic mass is 15.3. The van der Waals surface area contributed by atoms with E-state index in [9.17, 15) is 5.26 Å². The molecule has 108 valence electrons. The molecule has 1 aliphatic carbocycles. The van der Waals surface area contributed by atoms with E-state index >= 15 is 0 Å². The first-order valence-electron chi connectivity index (χ1n) is 7.96. The van der Waals surface area contributed by atoms with Crippen molar-refractivity contribution in [1.82, 2.24) is 9.80 Å². The maximum absolute atomic E-state index is 9.36. The van der Waals surface area contributed by atoms with Crippen molar-refractivity contribution in [3.05, 3.63) is 0 Å². The van der Waals surface area contributed by atoms with E-state index in [0.29, 0.717) is 6.04 Å². The van der Waals surface area contributed by atoms with E-state index in [1.54, 1.807) is 0 Å². The predicted molar refractivity (Wildman–Crippen MR) is 78.8 cm³/mol. The van der Waals surface area contributed by atoms with Gasteiger partial charge in [0.1, 0.15) is 0 Å². The Balaban J connectivity index is 1.87. The van der Waals surface area contributed by atoms with Gasteiger partial charge < -0.3 is 4.90 Å². The zero-order valence-electron chi connectivity index (χ0n) is 12.8. The summed E-state index contributed by atoms with van der Waals surface area (Å²) in [5, 5.41) is 9.36. The molecule has 0 spiro atoms. The first kappa shape index (κ1) is 14.8. The van der Waals surface area contributed by atoms with E-state index < -0.39 is 0 Å². The van der Waals surface area contributed by atoms with Gasteiger partial charge in [-0.1, -0.05) is 20.8 Å². The Bertz CT molecular complexity index is 312. The fourth-order valence-corrected chi connectivity index (χ4v) is 3.70. The number of nitrogens with zero attached hydrogens (tertiary/aromatic N) is 3. The fourth-order valence-electron chi connectivity index (χ4n) is 3.70. The molecule has 2 rings (SSSR count). The van der Waals surface area contributed by atoms with Crippen LogP contribution in [0.3, 0.4) is 0 Å². The molecule has 0 amide bonds. The number of hydrogen-bond acceptors (Lipinski definition) is 3. The minimum absolute atomic E-state index is 0.271. The van der Waals surface area contributed by atoms with Gasteiger partial charge in [-0.15, -0.1) is 0 Å². The molecule has 1 saturated carbocycles. The Hall–Kier alpha value is -0.590. The molecular formula is C16H29N3. The summed E-state index contributed by atoms with van der Waals surface area (Å²) >= 11 is 0. The number of rotatable bonds is 3. The summed E-state index contributed by atoms with van der Waals surface area (Å²) in [6, 6.07) is 3.08. The van der Waals surface area contributed by atoms with Crippen LogP contribution in [0.25, 0.3) is 0 Å². The molecule has 1 heterocycles. The van der Waals surface area contributed by atoms with Gasteiger partial charge in [-0.25, -0.2) is 0 Å². The van der Waals surface area contributed by atoms with Crippen LogP contribution in [0.1, 0.15) is 40.0 Å². The highest BCUT2D eigenvalue weighted by Crippen LogP contribution is 2.32. The maximum Gasteiger partial charge on any atom is 0.0672 e. The second-order valence-corrected chi connectivity index (χ2v) is 6.95. The van der Waals surface area contributed by atoms with Gasteiger partial charge in [-0.3, -0.25) is 4.90 Å². The summed E-state index contributed by atoms with van der Waals surface area (Å²) in [6.07, 6.45) is 3.57. The highest BCUT2D eigenvalue weighted by Gasteiger charge is 2.34. The van der Waals surface area contributed by atoms with Crippen molar-refractivity contribution in [2.24, 2.45) is 17.8 Å². The summed E-state index contributed by atoms with van der Waals surface area (Å²) in [5.74, 6) is 1.82. The van der Waals surface area contributed by atoms with E-state index in [1.807, 2.05) is 0 Å². The molecule has 3 nitrogen and oxygen atoms in total. The Morgan fingerprint density at radius 2 is 1.84 bits per heavy atom. The second kappa shape index (κ2) is 6.72. The molecule has 3 atom stereocenters. The highest BCUT2D eigenvalue weighted by molar-refractivity contribution is 4.98. The van der Waals surface area contributed by atoms with Crippen molar-refractivity contribution in [1.29, 1.82) is 5.26 Å². The smallest absolute Gasteiger partial charge is 0.0672 e. The average molecular weight is 263 g/mol. The van der Waals surface area contributed by atoms with Gasteiger partial charge in [0.15, 0.2) is 0 Å². The Kier molecular flexibility index (Phi) is 5.24. The Labute approximate surface area is 118 Å². The quantitative estimate of drug-likeness (QED) is 0.784. The summed E-state index contributed by atoms with van der Waals surface area (Å²) in [4.78, 5) is 5.18. The maximum atomic E-state index is 9.36. The molecule has 0 radical (unpaired) electrons. The van der Waals surface area contributed by atoms with Crippen molar-refractivity contribution in [3.63, 3.8) is 0 Å². The second-order valence-electron chi connectivity index (χ2n) is 6.95. The summed E-state index contributed by atoms with van der Waals surface area (Å²) in [7, 11) is 0. The molecule has 2 aliphatic rings. The van der Waals surface area contributed by atoms with E-state index in [-0.39, 0.29) is 5.92 Å². The van der Waals surface area contributed by atoms with Crippen LogP contribution >= 0.6 is 0 Å². The van der Waals surface area contributed by atoms with Crippen LogP contribution in [0.15, 0.2) is 0 Å². The molecule has 0 bridgehead atoms. The SMILES string of the molecule is CC(C)CN1CCN(C2CC(C)CCC2C#N)CC1. The molecule has 1 aliphatic heterocycles. The van der Waals surface area contributed by atoms with Gasteiger partial charge in [0.2, 0.25) is 0 Å².